The first kappa shape index (κ1) is 15.7. The number of nitrogens with zero attached hydrogens (tertiary/aromatic N) is 1. The number of carbonyl (C=O) groups is 1. The van der Waals surface area contributed by atoms with Crippen molar-refractivity contribution >= 4 is 11.7 Å². The Bertz CT molecular complexity index is 258. The number of hydrogen-bond acceptors (Lipinski definition) is 5. The molecule has 7 nitrogen and oxygen atoms in total. The lowest BCUT2D eigenvalue weighted by atomic mass is 10.1. The van der Waals surface area contributed by atoms with Gasteiger partial charge in [-0.1, -0.05) is 12.1 Å². The van der Waals surface area contributed by atoms with E-state index in [1.54, 1.807) is 14.0 Å². The number of rotatable bonds is 8. The molecule has 0 aromatic heterocycles. The predicted molar refractivity (Wildman–Crippen MR) is 65.0 cm³/mol. The van der Waals surface area contributed by atoms with E-state index in [1.165, 1.54) is 0 Å². The lowest BCUT2D eigenvalue weighted by Gasteiger charge is -2.20. The highest BCUT2D eigenvalue weighted by Gasteiger charge is 2.19. The van der Waals surface area contributed by atoms with Crippen LogP contribution in [0.1, 0.15) is 20.3 Å². The van der Waals surface area contributed by atoms with Crippen molar-refractivity contribution in [1.82, 2.24) is 10.6 Å². The smallest absolute Gasteiger partial charge is 0.236 e. The Labute approximate surface area is 101 Å². The molecule has 0 bridgehead atoms. The van der Waals surface area contributed by atoms with Crippen LogP contribution >= 0.6 is 0 Å². The van der Waals surface area contributed by atoms with Gasteiger partial charge in [-0.05, 0) is 13.3 Å². The number of hydrogen-bond donors (Lipinski definition) is 4. The molecule has 5 N–H and O–H groups in total. The van der Waals surface area contributed by atoms with Gasteiger partial charge < -0.3 is 21.0 Å². The quantitative estimate of drug-likeness (QED) is 0.148. The van der Waals surface area contributed by atoms with Crippen LogP contribution in [0.25, 0.3) is 0 Å². The minimum Gasteiger partial charge on any atom is -0.409 e. The SMILES string of the molecule is CCC(NC(C)C(=O)NCCOC)C(N)=NO. The van der Waals surface area contributed by atoms with Gasteiger partial charge >= 0.3 is 0 Å². The van der Waals surface area contributed by atoms with Gasteiger partial charge in [0.25, 0.3) is 0 Å². The zero-order chi connectivity index (χ0) is 13.3. The van der Waals surface area contributed by atoms with Crippen molar-refractivity contribution in [1.29, 1.82) is 0 Å². The first-order chi connectivity index (χ1) is 8.06. The topological polar surface area (TPSA) is 109 Å². The van der Waals surface area contributed by atoms with E-state index in [4.69, 9.17) is 15.7 Å². The van der Waals surface area contributed by atoms with Crippen molar-refractivity contribution in [2.45, 2.75) is 32.4 Å². The molecule has 0 fully saturated rings. The summed E-state index contributed by atoms with van der Waals surface area (Å²) >= 11 is 0. The molecule has 0 aliphatic heterocycles. The van der Waals surface area contributed by atoms with E-state index in [-0.39, 0.29) is 17.8 Å². The molecule has 0 aromatic carbocycles. The third-order valence-electron chi connectivity index (χ3n) is 2.33. The standard InChI is InChI=1S/C10H22N4O3/c1-4-8(9(11)14-16)13-7(2)10(15)12-5-6-17-3/h7-8,13,16H,4-6H2,1-3H3,(H2,11,14)(H,12,15). The van der Waals surface area contributed by atoms with Crippen LogP contribution in [-0.4, -0.2) is 49.3 Å². The molecule has 0 heterocycles. The van der Waals surface area contributed by atoms with E-state index < -0.39 is 6.04 Å². The number of amides is 1. The molecule has 100 valence electrons. The number of nitrogens with two attached hydrogens (primary N) is 1. The Hall–Kier alpha value is -1.34. The number of methoxy groups -OCH3 is 1. The molecule has 0 rings (SSSR count). The summed E-state index contributed by atoms with van der Waals surface area (Å²) in [6, 6.07) is -0.736. The van der Waals surface area contributed by atoms with Gasteiger partial charge in [0.2, 0.25) is 5.91 Å². The summed E-state index contributed by atoms with van der Waals surface area (Å²) in [5.41, 5.74) is 5.48. The van der Waals surface area contributed by atoms with Crippen LogP contribution in [0.5, 0.6) is 0 Å². The number of ether oxygens (including phenoxy) is 1. The van der Waals surface area contributed by atoms with E-state index >= 15 is 0 Å². The average Bonchev–Trinajstić information content (AvgIpc) is 2.34. The Balaban J connectivity index is 4.12. The van der Waals surface area contributed by atoms with Gasteiger partial charge in [0.05, 0.1) is 18.7 Å². The van der Waals surface area contributed by atoms with Crippen molar-refractivity contribution in [3.63, 3.8) is 0 Å². The van der Waals surface area contributed by atoms with Crippen LogP contribution in [0.15, 0.2) is 5.16 Å². The molecule has 0 aromatic rings. The van der Waals surface area contributed by atoms with Crippen molar-refractivity contribution < 1.29 is 14.7 Å². The summed E-state index contributed by atoms with van der Waals surface area (Å²) in [5, 5.41) is 17.2. The third-order valence-corrected chi connectivity index (χ3v) is 2.33. The number of carbonyl (C=O) groups excluding carboxylic acids is 1. The maximum atomic E-state index is 11.6. The highest BCUT2D eigenvalue weighted by Crippen LogP contribution is 1.94. The third kappa shape index (κ3) is 6.08. The molecular formula is C10H22N4O3. The number of nitrogens with one attached hydrogen (secondary N) is 2. The van der Waals surface area contributed by atoms with Gasteiger partial charge in [0, 0.05) is 13.7 Å². The fraction of sp³-hybridized carbons (Fsp3) is 0.800. The number of oxime groups is 1. The Morgan fingerprint density at radius 1 is 1.59 bits per heavy atom. The van der Waals surface area contributed by atoms with Gasteiger partial charge in [0.1, 0.15) is 0 Å². The van der Waals surface area contributed by atoms with Gasteiger partial charge in [-0.3, -0.25) is 10.1 Å². The summed E-state index contributed by atoms with van der Waals surface area (Å²) in [6.45, 7) is 4.53. The molecule has 0 radical (unpaired) electrons. The lowest BCUT2D eigenvalue weighted by Crippen LogP contribution is -2.51. The summed E-state index contributed by atoms with van der Waals surface area (Å²) in [5.74, 6) is -0.0738. The predicted octanol–water partition coefficient (Wildman–Crippen LogP) is -0.748. The lowest BCUT2D eigenvalue weighted by molar-refractivity contribution is -0.123. The van der Waals surface area contributed by atoms with E-state index in [0.717, 1.165) is 0 Å². The second kappa shape index (κ2) is 8.77. The minimum atomic E-state index is -0.419. The van der Waals surface area contributed by atoms with Crippen molar-refractivity contribution in [2.75, 3.05) is 20.3 Å². The Morgan fingerprint density at radius 3 is 2.71 bits per heavy atom. The van der Waals surface area contributed by atoms with Crippen molar-refractivity contribution in [3.8, 4) is 0 Å². The fourth-order valence-electron chi connectivity index (χ4n) is 1.29. The van der Waals surface area contributed by atoms with E-state index in [1.807, 2.05) is 6.92 Å². The van der Waals surface area contributed by atoms with Crippen LogP contribution in [0.2, 0.25) is 0 Å². The fourth-order valence-corrected chi connectivity index (χ4v) is 1.29. The second-order valence-electron chi connectivity index (χ2n) is 3.66. The molecule has 2 atom stereocenters. The summed E-state index contributed by atoms with van der Waals surface area (Å²) in [4.78, 5) is 11.6. The minimum absolute atomic E-state index is 0.0732. The van der Waals surface area contributed by atoms with E-state index in [0.29, 0.717) is 19.6 Å². The van der Waals surface area contributed by atoms with Crippen LogP contribution in [-0.2, 0) is 9.53 Å². The summed E-state index contributed by atoms with van der Waals surface area (Å²) in [7, 11) is 1.57. The number of amidine groups is 1. The maximum absolute atomic E-state index is 11.6. The van der Waals surface area contributed by atoms with E-state index in [2.05, 4.69) is 15.8 Å². The van der Waals surface area contributed by atoms with Crippen LogP contribution < -0.4 is 16.4 Å². The monoisotopic (exact) mass is 246 g/mol. The second-order valence-corrected chi connectivity index (χ2v) is 3.66. The molecule has 0 spiro atoms. The Kier molecular flexibility index (Phi) is 8.08. The summed E-state index contributed by atoms with van der Waals surface area (Å²) < 4.78 is 4.82. The zero-order valence-electron chi connectivity index (χ0n) is 10.6. The molecular weight excluding hydrogens is 224 g/mol. The van der Waals surface area contributed by atoms with Crippen LogP contribution in [0.3, 0.4) is 0 Å². The molecule has 0 aliphatic rings. The van der Waals surface area contributed by atoms with Crippen molar-refractivity contribution in [3.05, 3.63) is 0 Å². The van der Waals surface area contributed by atoms with Crippen molar-refractivity contribution in [2.24, 2.45) is 10.9 Å². The molecule has 2 unspecified atom stereocenters. The molecule has 1 amide bonds. The van der Waals surface area contributed by atoms with Gasteiger partial charge in [-0.15, -0.1) is 0 Å². The van der Waals surface area contributed by atoms with Crippen LogP contribution in [0.4, 0.5) is 0 Å². The average molecular weight is 246 g/mol. The highest BCUT2D eigenvalue weighted by molar-refractivity contribution is 5.87. The molecule has 0 aliphatic carbocycles. The largest absolute Gasteiger partial charge is 0.409 e. The van der Waals surface area contributed by atoms with Crippen LogP contribution in [0, 0.1) is 0 Å². The van der Waals surface area contributed by atoms with Gasteiger partial charge in [-0.2, -0.15) is 0 Å². The first-order valence-electron chi connectivity index (χ1n) is 5.56. The highest BCUT2D eigenvalue weighted by atomic mass is 16.5. The zero-order valence-corrected chi connectivity index (χ0v) is 10.6. The molecule has 17 heavy (non-hydrogen) atoms. The van der Waals surface area contributed by atoms with Gasteiger partial charge in [-0.25, -0.2) is 0 Å². The molecule has 0 saturated heterocycles. The van der Waals surface area contributed by atoms with Gasteiger partial charge in [0.15, 0.2) is 5.84 Å². The normalized spacial score (nSPS) is 15.4. The molecule has 0 saturated carbocycles. The Morgan fingerprint density at radius 2 is 2.24 bits per heavy atom. The first-order valence-corrected chi connectivity index (χ1v) is 5.56. The van der Waals surface area contributed by atoms with E-state index in [9.17, 15) is 4.79 Å². The molecule has 7 heteroatoms. The maximum Gasteiger partial charge on any atom is 0.236 e. The summed E-state index contributed by atoms with van der Waals surface area (Å²) in [6.07, 6.45) is 0.631.